The number of amides is 1. The second-order valence-corrected chi connectivity index (χ2v) is 7.03. The van der Waals surface area contributed by atoms with Crippen LogP contribution in [0.5, 0.6) is 5.75 Å². The maximum absolute atomic E-state index is 14.2. The van der Waals surface area contributed by atoms with Crippen LogP contribution in [0.15, 0.2) is 54.6 Å². The van der Waals surface area contributed by atoms with E-state index in [0.717, 1.165) is 35.1 Å². The van der Waals surface area contributed by atoms with Gasteiger partial charge in [-0.3, -0.25) is 4.79 Å². The third-order valence-corrected chi connectivity index (χ3v) is 5.14. The minimum Gasteiger partial charge on any atom is -0.492 e. The SMILES string of the molecule is O=C1CCCN1CCOc1ccc2cc(-c3cc(CO)ccc3F)ccc2c1. The molecule has 0 aliphatic carbocycles. The summed E-state index contributed by atoms with van der Waals surface area (Å²) in [5, 5.41) is 11.3. The summed E-state index contributed by atoms with van der Waals surface area (Å²) in [7, 11) is 0. The van der Waals surface area contributed by atoms with E-state index in [0.29, 0.717) is 30.7 Å². The maximum Gasteiger partial charge on any atom is 0.222 e. The van der Waals surface area contributed by atoms with Crippen LogP contribution in [-0.4, -0.2) is 35.6 Å². The molecule has 4 nitrogen and oxygen atoms in total. The Labute approximate surface area is 163 Å². The van der Waals surface area contributed by atoms with Gasteiger partial charge in [-0.15, -0.1) is 0 Å². The van der Waals surface area contributed by atoms with Gasteiger partial charge >= 0.3 is 0 Å². The van der Waals surface area contributed by atoms with Crippen molar-refractivity contribution >= 4 is 16.7 Å². The zero-order valence-electron chi connectivity index (χ0n) is 15.5. The number of hydrogen-bond donors (Lipinski definition) is 1. The van der Waals surface area contributed by atoms with Gasteiger partial charge in [-0.1, -0.05) is 24.3 Å². The van der Waals surface area contributed by atoms with Crippen LogP contribution in [0.3, 0.4) is 0 Å². The van der Waals surface area contributed by atoms with Crippen molar-refractivity contribution in [3.63, 3.8) is 0 Å². The number of carbonyl (C=O) groups excluding carboxylic acids is 1. The number of aliphatic hydroxyl groups is 1. The molecule has 1 aliphatic heterocycles. The van der Waals surface area contributed by atoms with Crippen molar-refractivity contribution in [2.75, 3.05) is 19.7 Å². The number of hydrogen-bond acceptors (Lipinski definition) is 3. The van der Waals surface area contributed by atoms with Gasteiger partial charge in [0.2, 0.25) is 5.91 Å². The van der Waals surface area contributed by atoms with Gasteiger partial charge in [0.15, 0.2) is 0 Å². The average molecular weight is 379 g/mol. The smallest absolute Gasteiger partial charge is 0.222 e. The first-order valence-corrected chi connectivity index (χ1v) is 9.48. The highest BCUT2D eigenvalue weighted by Crippen LogP contribution is 2.29. The van der Waals surface area contributed by atoms with E-state index in [1.54, 1.807) is 12.1 Å². The molecule has 1 N–H and O–H groups in total. The Morgan fingerprint density at radius 2 is 1.86 bits per heavy atom. The van der Waals surface area contributed by atoms with Crippen molar-refractivity contribution in [1.82, 2.24) is 4.90 Å². The van der Waals surface area contributed by atoms with Crippen LogP contribution in [0.25, 0.3) is 21.9 Å². The fourth-order valence-electron chi connectivity index (χ4n) is 3.59. The number of carbonyl (C=O) groups is 1. The Bertz CT molecular complexity index is 1020. The lowest BCUT2D eigenvalue weighted by molar-refractivity contribution is -0.128. The highest BCUT2D eigenvalue weighted by Gasteiger charge is 2.19. The van der Waals surface area contributed by atoms with Crippen molar-refractivity contribution < 1.29 is 19.0 Å². The lowest BCUT2D eigenvalue weighted by Gasteiger charge is -2.16. The summed E-state index contributed by atoms with van der Waals surface area (Å²) in [6.45, 7) is 1.77. The van der Waals surface area contributed by atoms with Crippen molar-refractivity contribution in [1.29, 1.82) is 0 Å². The molecule has 5 heteroatoms. The van der Waals surface area contributed by atoms with E-state index in [-0.39, 0.29) is 18.3 Å². The average Bonchev–Trinajstić information content (AvgIpc) is 3.13. The number of ether oxygens (including phenoxy) is 1. The third-order valence-electron chi connectivity index (χ3n) is 5.14. The first kappa shape index (κ1) is 18.4. The van der Waals surface area contributed by atoms with Crippen molar-refractivity contribution in [2.24, 2.45) is 0 Å². The lowest BCUT2D eigenvalue weighted by atomic mass is 9.99. The molecule has 0 spiro atoms. The minimum atomic E-state index is -0.312. The molecule has 0 unspecified atom stereocenters. The molecule has 3 aromatic rings. The Hall–Kier alpha value is -2.92. The Morgan fingerprint density at radius 3 is 2.64 bits per heavy atom. The van der Waals surface area contributed by atoms with Crippen LogP contribution >= 0.6 is 0 Å². The Balaban J connectivity index is 1.50. The second kappa shape index (κ2) is 7.98. The number of aliphatic hydroxyl groups excluding tert-OH is 1. The van der Waals surface area contributed by atoms with Gasteiger partial charge in [-0.2, -0.15) is 0 Å². The van der Waals surface area contributed by atoms with Crippen molar-refractivity contribution in [3.8, 4) is 16.9 Å². The Morgan fingerprint density at radius 1 is 1.04 bits per heavy atom. The molecule has 0 radical (unpaired) electrons. The van der Waals surface area contributed by atoms with Gasteiger partial charge < -0.3 is 14.7 Å². The molecule has 1 aliphatic rings. The molecule has 0 atom stereocenters. The largest absolute Gasteiger partial charge is 0.492 e. The fourth-order valence-corrected chi connectivity index (χ4v) is 3.59. The van der Waals surface area contributed by atoms with E-state index in [1.165, 1.54) is 6.07 Å². The molecule has 0 saturated carbocycles. The van der Waals surface area contributed by atoms with Gasteiger partial charge in [0.05, 0.1) is 13.2 Å². The molecule has 1 fully saturated rings. The highest BCUT2D eigenvalue weighted by atomic mass is 19.1. The molecule has 28 heavy (non-hydrogen) atoms. The van der Waals surface area contributed by atoms with Crippen LogP contribution in [-0.2, 0) is 11.4 Å². The molecular formula is C23H22FNO3. The van der Waals surface area contributed by atoms with E-state index in [9.17, 15) is 14.3 Å². The predicted octanol–water partition coefficient (Wildman–Crippen LogP) is 4.14. The monoisotopic (exact) mass is 379 g/mol. The molecule has 3 aromatic carbocycles. The molecule has 144 valence electrons. The zero-order chi connectivity index (χ0) is 19.5. The van der Waals surface area contributed by atoms with Gasteiger partial charge in [-0.05, 0) is 58.7 Å². The van der Waals surface area contributed by atoms with Crippen LogP contribution in [0, 0.1) is 5.82 Å². The number of halogens is 1. The summed E-state index contributed by atoms with van der Waals surface area (Å²) in [6, 6.07) is 16.2. The molecular weight excluding hydrogens is 357 g/mol. The molecule has 1 saturated heterocycles. The van der Waals surface area contributed by atoms with E-state index < -0.39 is 0 Å². The van der Waals surface area contributed by atoms with E-state index in [4.69, 9.17) is 4.74 Å². The van der Waals surface area contributed by atoms with Crippen molar-refractivity contribution in [3.05, 3.63) is 66.0 Å². The number of likely N-dealkylation sites (tertiary alicyclic amines) is 1. The number of benzene rings is 3. The van der Waals surface area contributed by atoms with Crippen molar-refractivity contribution in [2.45, 2.75) is 19.4 Å². The topological polar surface area (TPSA) is 49.8 Å². The minimum absolute atomic E-state index is 0.120. The summed E-state index contributed by atoms with van der Waals surface area (Å²) in [5.41, 5.74) is 1.92. The van der Waals surface area contributed by atoms with Gasteiger partial charge in [-0.25, -0.2) is 4.39 Å². The number of nitrogens with zero attached hydrogens (tertiary/aromatic N) is 1. The molecule has 0 bridgehead atoms. The maximum atomic E-state index is 14.2. The standard InChI is InChI=1S/C23H22FNO3/c24-22-8-3-16(15-26)12-21(22)19-5-4-18-14-20(7-6-17(18)13-19)28-11-10-25-9-1-2-23(25)27/h3-8,12-14,26H,1-2,9-11,15H2. The normalized spacial score (nSPS) is 14.1. The quantitative estimate of drug-likeness (QED) is 0.700. The summed E-state index contributed by atoms with van der Waals surface area (Å²) in [4.78, 5) is 13.5. The summed E-state index contributed by atoms with van der Waals surface area (Å²) < 4.78 is 20.0. The van der Waals surface area contributed by atoms with E-state index >= 15 is 0 Å². The van der Waals surface area contributed by atoms with Crippen LogP contribution < -0.4 is 4.74 Å². The fraction of sp³-hybridized carbons (Fsp3) is 0.261. The van der Waals surface area contributed by atoms with Crippen LogP contribution in [0.1, 0.15) is 18.4 Å². The molecule has 1 heterocycles. The van der Waals surface area contributed by atoms with Crippen LogP contribution in [0.4, 0.5) is 4.39 Å². The lowest BCUT2D eigenvalue weighted by Crippen LogP contribution is -2.29. The highest BCUT2D eigenvalue weighted by molar-refractivity contribution is 5.88. The van der Waals surface area contributed by atoms with Gasteiger partial charge in [0.1, 0.15) is 18.2 Å². The van der Waals surface area contributed by atoms with Crippen LogP contribution in [0.2, 0.25) is 0 Å². The summed E-state index contributed by atoms with van der Waals surface area (Å²) in [6.07, 6.45) is 1.57. The molecule has 4 rings (SSSR count). The number of fused-ring (bicyclic) bond motifs is 1. The van der Waals surface area contributed by atoms with Gasteiger partial charge in [0, 0.05) is 18.5 Å². The first-order valence-electron chi connectivity index (χ1n) is 9.48. The van der Waals surface area contributed by atoms with E-state index in [2.05, 4.69) is 0 Å². The number of rotatable bonds is 6. The second-order valence-electron chi connectivity index (χ2n) is 7.03. The molecule has 0 aromatic heterocycles. The Kier molecular flexibility index (Phi) is 5.26. The predicted molar refractivity (Wildman–Crippen MR) is 107 cm³/mol. The molecule has 1 amide bonds. The summed E-state index contributed by atoms with van der Waals surface area (Å²) in [5.74, 6) is 0.639. The van der Waals surface area contributed by atoms with Gasteiger partial charge in [0.25, 0.3) is 0 Å². The van der Waals surface area contributed by atoms with E-state index in [1.807, 2.05) is 41.3 Å². The first-order chi connectivity index (χ1) is 13.6. The zero-order valence-corrected chi connectivity index (χ0v) is 15.5. The third kappa shape index (κ3) is 3.85. The summed E-state index contributed by atoms with van der Waals surface area (Å²) >= 11 is 0.